The molecule has 0 aliphatic heterocycles. The molecular formula is C18H10O6. The summed E-state index contributed by atoms with van der Waals surface area (Å²) in [5, 5.41) is 40.9. The van der Waals surface area contributed by atoms with Gasteiger partial charge in [0.05, 0.1) is 0 Å². The molecule has 24 heavy (non-hydrogen) atoms. The van der Waals surface area contributed by atoms with Gasteiger partial charge in [-0.15, -0.1) is 0 Å². The van der Waals surface area contributed by atoms with Gasteiger partial charge in [-0.1, -0.05) is 0 Å². The Bertz CT molecular complexity index is 1120. The predicted molar refractivity (Wildman–Crippen MR) is 86.4 cm³/mol. The number of carbonyl (C=O) groups excluding carboxylic acids is 2. The van der Waals surface area contributed by atoms with Crippen molar-refractivity contribution in [3.05, 3.63) is 47.2 Å². The Morgan fingerprint density at radius 3 is 2.04 bits per heavy atom. The Hall–Kier alpha value is -3.54. The number of hydrogen-bond acceptors (Lipinski definition) is 6. The summed E-state index contributed by atoms with van der Waals surface area (Å²) in [6.07, 6.45) is 1.18. The van der Waals surface area contributed by atoms with Crippen molar-refractivity contribution < 1.29 is 30.0 Å². The van der Waals surface area contributed by atoms with Gasteiger partial charge in [-0.25, -0.2) is 0 Å². The second kappa shape index (κ2) is 4.48. The highest BCUT2D eigenvalue weighted by molar-refractivity contribution is 6.51. The van der Waals surface area contributed by atoms with Crippen LogP contribution < -0.4 is 0 Å². The lowest BCUT2D eigenvalue weighted by Crippen LogP contribution is -2.21. The van der Waals surface area contributed by atoms with E-state index in [2.05, 4.69) is 0 Å². The molecule has 0 spiro atoms. The molecule has 118 valence electrons. The van der Waals surface area contributed by atoms with Crippen molar-refractivity contribution in [1.82, 2.24) is 0 Å². The van der Waals surface area contributed by atoms with Crippen LogP contribution in [0.5, 0.6) is 17.2 Å². The van der Waals surface area contributed by atoms with Crippen molar-refractivity contribution >= 4 is 39.2 Å². The van der Waals surface area contributed by atoms with Crippen molar-refractivity contribution in [1.29, 1.82) is 0 Å². The maximum Gasteiger partial charge on any atom is 0.267 e. The number of benzene rings is 3. The number of carbonyl (C=O) groups is 2. The molecule has 1 aliphatic rings. The van der Waals surface area contributed by atoms with Crippen LogP contribution >= 0.6 is 0 Å². The van der Waals surface area contributed by atoms with Crippen LogP contribution in [0.25, 0.3) is 27.6 Å². The minimum absolute atomic E-state index is 0.132. The van der Waals surface area contributed by atoms with E-state index in [4.69, 9.17) is 0 Å². The molecule has 0 saturated carbocycles. The molecule has 0 bridgehead atoms. The van der Waals surface area contributed by atoms with E-state index in [-0.39, 0.29) is 22.8 Å². The highest BCUT2D eigenvalue weighted by Crippen LogP contribution is 2.40. The fraction of sp³-hybridized carbons (Fsp3) is 0. The van der Waals surface area contributed by atoms with Crippen molar-refractivity contribution in [2.45, 2.75) is 0 Å². The first-order valence-electron chi connectivity index (χ1n) is 7.02. The summed E-state index contributed by atoms with van der Waals surface area (Å²) >= 11 is 0. The molecule has 4 N–H and O–H groups in total. The molecule has 1 aliphatic carbocycles. The average Bonchev–Trinajstić information content (AvgIpc) is 2.54. The molecule has 3 aromatic carbocycles. The van der Waals surface area contributed by atoms with E-state index >= 15 is 0 Å². The zero-order chi connectivity index (χ0) is 17.2. The Labute approximate surface area is 134 Å². The lowest BCUT2D eigenvalue weighted by Gasteiger charge is -2.14. The summed E-state index contributed by atoms with van der Waals surface area (Å²) < 4.78 is 0. The first kappa shape index (κ1) is 14.1. The minimum Gasteiger partial charge on any atom is -0.507 e. The summed E-state index contributed by atoms with van der Waals surface area (Å²) in [6.45, 7) is 0. The van der Waals surface area contributed by atoms with Gasteiger partial charge in [0.1, 0.15) is 5.75 Å². The summed E-state index contributed by atoms with van der Waals surface area (Å²) in [5.41, 5.74) is 0.453. The van der Waals surface area contributed by atoms with Gasteiger partial charge in [0.2, 0.25) is 5.78 Å². The fourth-order valence-electron chi connectivity index (χ4n) is 2.96. The second-order valence-corrected chi connectivity index (χ2v) is 5.64. The van der Waals surface area contributed by atoms with Crippen LogP contribution in [0.1, 0.15) is 15.9 Å². The van der Waals surface area contributed by atoms with E-state index in [1.165, 1.54) is 30.3 Å². The van der Waals surface area contributed by atoms with Gasteiger partial charge < -0.3 is 20.4 Å². The van der Waals surface area contributed by atoms with Crippen LogP contribution in [0, 0.1) is 0 Å². The molecule has 0 amide bonds. The van der Waals surface area contributed by atoms with Crippen molar-refractivity contribution in [2.75, 3.05) is 0 Å². The number of phenolic OH excluding ortho intramolecular Hbond substituents is 3. The molecule has 0 unspecified atom stereocenters. The zero-order valence-corrected chi connectivity index (χ0v) is 12.1. The Morgan fingerprint density at radius 2 is 1.29 bits per heavy atom. The third kappa shape index (κ3) is 1.77. The first-order valence-corrected chi connectivity index (χ1v) is 7.02. The second-order valence-electron chi connectivity index (χ2n) is 5.64. The summed E-state index contributed by atoms with van der Waals surface area (Å²) in [5.74, 6) is -3.28. The minimum atomic E-state index is -0.977. The van der Waals surface area contributed by atoms with E-state index in [9.17, 15) is 30.0 Å². The Morgan fingerprint density at radius 1 is 0.667 bits per heavy atom. The van der Waals surface area contributed by atoms with Crippen LogP contribution in [0.4, 0.5) is 0 Å². The Balaban J connectivity index is 2.13. The number of hydrogen-bond donors (Lipinski definition) is 4. The van der Waals surface area contributed by atoms with Gasteiger partial charge in [0.15, 0.2) is 17.3 Å². The van der Waals surface area contributed by atoms with E-state index in [0.29, 0.717) is 27.1 Å². The molecule has 0 radical (unpaired) electrons. The van der Waals surface area contributed by atoms with Crippen LogP contribution in [0.3, 0.4) is 0 Å². The van der Waals surface area contributed by atoms with E-state index in [0.717, 1.165) is 0 Å². The van der Waals surface area contributed by atoms with Crippen LogP contribution in [0.15, 0.2) is 36.1 Å². The number of allylic oxidation sites excluding steroid dienone is 1. The molecule has 0 fully saturated rings. The van der Waals surface area contributed by atoms with E-state index in [1.807, 2.05) is 0 Å². The van der Waals surface area contributed by atoms with Crippen molar-refractivity contribution in [3.63, 3.8) is 0 Å². The normalized spacial score (nSPS) is 14.1. The maximum atomic E-state index is 12.0. The quantitative estimate of drug-likeness (QED) is 0.287. The first-order chi connectivity index (χ1) is 11.4. The number of fused-ring (bicyclic) bond motifs is 3. The predicted octanol–water partition coefficient (Wildman–Crippen LogP) is 2.77. The lowest BCUT2D eigenvalue weighted by atomic mass is 9.90. The van der Waals surface area contributed by atoms with E-state index in [1.54, 1.807) is 6.07 Å². The molecule has 6 heteroatoms. The standard InChI is InChI=1S/C18H10O6/c19-13-4-8-1-7-2-11-9(5-15(21)18(24)17(11)23)3-10(7)16(22)12(8)6-14(13)20/h1-6,19-22H. The average molecular weight is 322 g/mol. The van der Waals surface area contributed by atoms with Crippen LogP contribution in [0.2, 0.25) is 0 Å². The number of phenols is 3. The van der Waals surface area contributed by atoms with Gasteiger partial charge in [0.25, 0.3) is 5.78 Å². The number of aliphatic hydroxyl groups is 1. The molecule has 4 rings (SSSR count). The number of rotatable bonds is 0. The summed E-state index contributed by atoms with van der Waals surface area (Å²) in [6, 6.07) is 7.10. The number of Topliss-reactive ketones (excluding diaryl/α,β-unsaturated/α-hetero) is 2. The van der Waals surface area contributed by atoms with Crippen LogP contribution in [-0.4, -0.2) is 32.0 Å². The topological polar surface area (TPSA) is 115 Å². The highest BCUT2D eigenvalue weighted by atomic mass is 16.3. The van der Waals surface area contributed by atoms with Gasteiger partial charge in [-0.3, -0.25) is 9.59 Å². The third-order valence-corrected chi connectivity index (χ3v) is 4.17. The summed E-state index contributed by atoms with van der Waals surface area (Å²) in [4.78, 5) is 23.6. The molecule has 6 nitrogen and oxygen atoms in total. The van der Waals surface area contributed by atoms with Gasteiger partial charge in [-0.05, 0) is 52.7 Å². The fourth-order valence-corrected chi connectivity index (χ4v) is 2.96. The molecule has 0 atom stereocenters. The van der Waals surface area contributed by atoms with Crippen LogP contribution in [-0.2, 0) is 4.79 Å². The largest absolute Gasteiger partial charge is 0.507 e. The number of ketones is 2. The monoisotopic (exact) mass is 322 g/mol. The van der Waals surface area contributed by atoms with Crippen molar-refractivity contribution in [3.8, 4) is 17.2 Å². The van der Waals surface area contributed by atoms with Gasteiger partial charge >= 0.3 is 0 Å². The zero-order valence-electron chi connectivity index (χ0n) is 12.1. The number of aromatic hydroxyl groups is 3. The van der Waals surface area contributed by atoms with Gasteiger partial charge in [0, 0.05) is 16.3 Å². The molecule has 0 saturated heterocycles. The van der Waals surface area contributed by atoms with Crippen molar-refractivity contribution in [2.24, 2.45) is 0 Å². The maximum absolute atomic E-state index is 12.0. The molecule has 0 aromatic heterocycles. The molecule has 3 aromatic rings. The Kier molecular flexibility index (Phi) is 2.63. The summed E-state index contributed by atoms with van der Waals surface area (Å²) in [7, 11) is 0. The SMILES string of the molecule is O=C1C(=O)c2cc3cc4cc(O)c(O)cc4c(O)c3cc2C=C1O. The molecular weight excluding hydrogens is 312 g/mol. The van der Waals surface area contributed by atoms with Gasteiger partial charge in [-0.2, -0.15) is 0 Å². The van der Waals surface area contributed by atoms with E-state index < -0.39 is 17.3 Å². The number of aliphatic hydroxyl groups excluding tert-OH is 1. The lowest BCUT2D eigenvalue weighted by molar-refractivity contribution is -0.114. The highest BCUT2D eigenvalue weighted by Gasteiger charge is 2.28. The smallest absolute Gasteiger partial charge is 0.267 e. The molecule has 0 heterocycles. The third-order valence-electron chi connectivity index (χ3n) is 4.17.